The summed E-state index contributed by atoms with van der Waals surface area (Å²) in [5.41, 5.74) is 13.0. The van der Waals surface area contributed by atoms with E-state index in [0.29, 0.717) is 0 Å². The fourth-order valence-corrected chi connectivity index (χ4v) is 8.95. The van der Waals surface area contributed by atoms with Gasteiger partial charge in [-0.05, 0) is 68.6 Å². The molecule has 4 aromatic heterocycles. The van der Waals surface area contributed by atoms with Gasteiger partial charge in [-0.15, -0.1) is 52.4 Å². The van der Waals surface area contributed by atoms with Crippen LogP contribution in [-0.4, -0.2) is 19.4 Å². The molecule has 11 rings (SSSR count). The van der Waals surface area contributed by atoms with Gasteiger partial charge in [0.15, 0.2) is 0 Å². The zero-order chi connectivity index (χ0) is 36.2. The first-order valence-electron chi connectivity index (χ1n) is 18.5. The second-order valence-corrected chi connectivity index (χ2v) is 15.5. The Bertz CT molecular complexity index is 3120. The Labute approximate surface area is 333 Å². The van der Waals surface area contributed by atoms with Crippen molar-refractivity contribution in [2.45, 2.75) is 31.6 Å². The molecule has 4 nitrogen and oxygen atoms in total. The van der Waals surface area contributed by atoms with Gasteiger partial charge in [0, 0.05) is 17.8 Å². The molecule has 1 aliphatic carbocycles. The van der Waals surface area contributed by atoms with Crippen LogP contribution < -0.4 is 0 Å². The fourth-order valence-electron chi connectivity index (χ4n) is 8.95. The van der Waals surface area contributed by atoms with Gasteiger partial charge in [-0.2, -0.15) is 0 Å². The number of benzene rings is 6. The number of para-hydroxylation sites is 2. The van der Waals surface area contributed by atoms with Gasteiger partial charge in [-0.25, -0.2) is 4.98 Å². The molecule has 55 heavy (non-hydrogen) atoms. The number of fused-ring (bicyclic) bond motifs is 12. The standard InChI is InChI=1S/C50H34N4.Pt/c1-49(2,3)32-24-26-51-45(30-32)40-29-34(27-31-13-4-5-14-35(31)40)50(42-18-8-6-15-37(42)38-16-7-9-19-43(38)50)33-22-23-36-39-17-12-25-52-47(39)54-46-21-11-10-20-44(46)53-48(54)41(36)28-33;/h4-27,30H,1-3H3;/q-2;+2. The Kier molecular flexibility index (Phi) is 7.50. The molecule has 0 N–H and O–H groups in total. The number of rotatable bonds is 3. The van der Waals surface area contributed by atoms with Crippen LogP contribution >= 0.6 is 0 Å². The monoisotopic (exact) mass is 885 g/mol. The molecule has 0 fully saturated rings. The first-order valence-corrected chi connectivity index (χ1v) is 18.5. The Morgan fingerprint density at radius 3 is 2.09 bits per heavy atom. The first kappa shape index (κ1) is 33.6. The summed E-state index contributed by atoms with van der Waals surface area (Å²) in [6, 6.07) is 58.2. The number of nitrogens with zero attached hydrogens (tertiary/aromatic N) is 4. The number of imidazole rings is 1. The molecule has 0 saturated heterocycles. The molecule has 6 aromatic carbocycles. The summed E-state index contributed by atoms with van der Waals surface area (Å²) in [6.07, 6.45) is 3.80. The average Bonchev–Trinajstić information content (AvgIpc) is 3.75. The Morgan fingerprint density at radius 2 is 1.29 bits per heavy atom. The van der Waals surface area contributed by atoms with Gasteiger partial charge >= 0.3 is 21.1 Å². The maximum atomic E-state index is 5.24. The normalized spacial score (nSPS) is 13.4. The Balaban J connectivity index is 0.00000372. The van der Waals surface area contributed by atoms with Crippen LogP contribution in [0.25, 0.3) is 71.6 Å². The summed E-state index contributed by atoms with van der Waals surface area (Å²) >= 11 is 0. The summed E-state index contributed by atoms with van der Waals surface area (Å²) < 4.78 is 2.20. The van der Waals surface area contributed by atoms with Crippen LogP contribution in [0.3, 0.4) is 0 Å². The zero-order valence-electron chi connectivity index (χ0n) is 30.5. The third kappa shape index (κ3) is 4.77. The quantitative estimate of drug-likeness (QED) is 0.131. The van der Waals surface area contributed by atoms with Gasteiger partial charge in [0.2, 0.25) is 0 Å². The van der Waals surface area contributed by atoms with Crippen molar-refractivity contribution in [1.29, 1.82) is 0 Å². The van der Waals surface area contributed by atoms with Gasteiger partial charge in [0.25, 0.3) is 0 Å². The first-order chi connectivity index (χ1) is 26.4. The molecule has 4 heterocycles. The molecule has 0 bridgehead atoms. The molecule has 0 aliphatic heterocycles. The van der Waals surface area contributed by atoms with E-state index in [-0.39, 0.29) is 26.5 Å². The number of pyridine rings is 3. The van der Waals surface area contributed by atoms with Gasteiger partial charge < -0.3 is 9.38 Å². The fraction of sp³-hybridized carbons (Fsp3) is 0.100. The molecular weight excluding hydrogens is 852 g/mol. The smallest absolute Gasteiger partial charge is 0.318 e. The third-order valence-electron chi connectivity index (χ3n) is 11.5. The number of aromatic nitrogens is 4. The molecule has 264 valence electrons. The minimum absolute atomic E-state index is 0. The largest absolute Gasteiger partial charge is 2.00 e. The maximum absolute atomic E-state index is 5.24. The minimum atomic E-state index is -0.741. The predicted molar refractivity (Wildman–Crippen MR) is 220 cm³/mol. The molecule has 0 radical (unpaired) electrons. The van der Waals surface area contributed by atoms with E-state index in [4.69, 9.17) is 15.0 Å². The van der Waals surface area contributed by atoms with E-state index < -0.39 is 5.41 Å². The van der Waals surface area contributed by atoms with Crippen molar-refractivity contribution in [3.05, 3.63) is 192 Å². The van der Waals surface area contributed by atoms with Crippen molar-refractivity contribution in [2.75, 3.05) is 0 Å². The zero-order valence-corrected chi connectivity index (χ0v) is 32.8. The summed E-state index contributed by atoms with van der Waals surface area (Å²) in [5.74, 6) is 0. The van der Waals surface area contributed by atoms with Crippen molar-refractivity contribution in [2.24, 2.45) is 0 Å². The van der Waals surface area contributed by atoms with E-state index in [1.807, 2.05) is 24.5 Å². The van der Waals surface area contributed by atoms with E-state index >= 15 is 0 Å². The molecule has 5 heteroatoms. The van der Waals surface area contributed by atoms with Gasteiger partial charge in [-0.3, -0.25) is 4.98 Å². The van der Waals surface area contributed by atoms with E-state index in [9.17, 15) is 0 Å². The van der Waals surface area contributed by atoms with Crippen LogP contribution in [0.5, 0.6) is 0 Å². The van der Waals surface area contributed by atoms with E-state index in [2.05, 4.69) is 165 Å². The third-order valence-corrected chi connectivity index (χ3v) is 11.5. The van der Waals surface area contributed by atoms with Crippen LogP contribution in [0.15, 0.2) is 152 Å². The molecule has 0 unspecified atom stereocenters. The van der Waals surface area contributed by atoms with Gasteiger partial charge in [0.1, 0.15) is 5.65 Å². The average molecular weight is 886 g/mol. The SMILES string of the molecule is CC(C)(C)c1ccnc(-c2[c-]c(C3(c4[c-]c5c(cc4)c4cccnc4n4c6ccccc6nc54)c4ccccc4-c4ccccc43)cc3ccccc23)c1.[Pt+2]. The molecule has 0 amide bonds. The summed E-state index contributed by atoms with van der Waals surface area (Å²) in [5, 5.41) is 5.38. The van der Waals surface area contributed by atoms with Crippen LogP contribution in [0.1, 0.15) is 48.6 Å². The van der Waals surface area contributed by atoms with Crippen molar-refractivity contribution in [3.8, 4) is 22.4 Å². The molecular formula is C50H34N4Pt. The molecule has 1 aliphatic rings. The van der Waals surface area contributed by atoms with E-state index in [1.165, 1.54) is 27.8 Å². The van der Waals surface area contributed by atoms with Crippen molar-refractivity contribution in [3.63, 3.8) is 0 Å². The minimum Gasteiger partial charge on any atom is -0.318 e. The number of hydrogen-bond donors (Lipinski definition) is 0. The number of hydrogen-bond acceptors (Lipinski definition) is 3. The van der Waals surface area contributed by atoms with Crippen molar-refractivity contribution in [1.82, 2.24) is 19.4 Å². The second kappa shape index (κ2) is 12.3. The second-order valence-electron chi connectivity index (χ2n) is 15.5. The van der Waals surface area contributed by atoms with Gasteiger partial charge in [0.05, 0.1) is 16.7 Å². The topological polar surface area (TPSA) is 43.1 Å². The van der Waals surface area contributed by atoms with Crippen LogP contribution in [-0.2, 0) is 31.9 Å². The maximum Gasteiger partial charge on any atom is 2.00 e. The van der Waals surface area contributed by atoms with Crippen LogP contribution in [0.2, 0.25) is 0 Å². The van der Waals surface area contributed by atoms with Gasteiger partial charge in [-0.1, -0.05) is 134 Å². The van der Waals surface area contributed by atoms with E-state index in [0.717, 1.165) is 71.6 Å². The molecule has 0 atom stereocenters. The molecule has 0 saturated carbocycles. The summed E-state index contributed by atoms with van der Waals surface area (Å²) in [6.45, 7) is 6.75. The summed E-state index contributed by atoms with van der Waals surface area (Å²) in [7, 11) is 0. The van der Waals surface area contributed by atoms with E-state index in [1.54, 1.807) is 0 Å². The van der Waals surface area contributed by atoms with Crippen LogP contribution in [0.4, 0.5) is 0 Å². The molecule has 0 spiro atoms. The summed E-state index contributed by atoms with van der Waals surface area (Å²) in [4.78, 5) is 15.1. The Hall–Kier alpha value is -5.96. The molecule has 10 aromatic rings. The van der Waals surface area contributed by atoms with Crippen molar-refractivity contribution >= 4 is 49.3 Å². The van der Waals surface area contributed by atoms with Crippen LogP contribution in [0, 0.1) is 12.1 Å². The predicted octanol–water partition coefficient (Wildman–Crippen LogP) is 11.7. The van der Waals surface area contributed by atoms with Crippen molar-refractivity contribution < 1.29 is 21.1 Å². The Morgan fingerprint density at radius 1 is 0.582 bits per heavy atom.